The van der Waals surface area contributed by atoms with Gasteiger partial charge >= 0.3 is 0 Å². The molecule has 0 aliphatic heterocycles. The standard InChI is InChI=1S/C13H13BrF3NO/c1-7(18-13(17)12(15)16)4-8-6-19-11-3-2-9(14)5-10(8)11/h2-3,5-7,12-13,18H,4H2,1H3. The molecule has 19 heavy (non-hydrogen) atoms. The molecule has 2 aromatic rings. The van der Waals surface area contributed by atoms with E-state index < -0.39 is 18.8 Å². The SMILES string of the molecule is CC(Cc1coc2ccc(Br)cc12)NC(F)C(F)F. The summed E-state index contributed by atoms with van der Waals surface area (Å²) in [6.07, 6.45) is -3.33. The maximum Gasteiger partial charge on any atom is 0.282 e. The second kappa shape index (κ2) is 5.96. The van der Waals surface area contributed by atoms with E-state index in [0.29, 0.717) is 6.42 Å². The fourth-order valence-electron chi connectivity index (χ4n) is 1.95. The summed E-state index contributed by atoms with van der Waals surface area (Å²) < 4.78 is 43.4. The molecule has 104 valence electrons. The third kappa shape index (κ3) is 3.51. The lowest BCUT2D eigenvalue weighted by molar-refractivity contribution is 0.0250. The summed E-state index contributed by atoms with van der Waals surface area (Å²) in [5.74, 6) is 0. The molecule has 2 rings (SSSR count). The number of halogens is 4. The van der Waals surface area contributed by atoms with Gasteiger partial charge in [-0.15, -0.1) is 0 Å². The number of rotatable bonds is 5. The maximum atomic E-state index is 12.9. The lowest BCUT2D eigenvalue weighted by Gasteiger charge is -2.16. The van der Waals surface area contributed by atoms with Crippen molar-refractivity contribution >= 4 is 26.9 Å². The fourth-order valence-corrected chi connectivity index (χ4v) is 2.31. The zero-order chi connectivity index (χ0) is 14.0. The molecule has 0 bridgehead atoms. The Labute approximate surface area is 117 Å². The minimum absolute atomic E-state index is 0.413. The third-order valence-electron chi connectivity index (χ3n) is 2.81. The van der Waals surface area contributed by atoms with E-state index in [9.17, 15) is 13.2 Å². The number of fused-ring (bicyclic) bond motifs is 1. The first-order valence-electron chi connectivity index (χ1n) is 5.81. The van der Waals surface area contributed by atoms with Crippen LogP contribution in [0.15, 0.2) is 33.4 Å². The van der Waals surface area contributed by atoms with Crippen molar-refractivity contribution in [3.05, 3.63) is 34.5 Å². The molecule has 2 unspecified atom stereocenters. The number of alkyl halides is 3. The summed E-state index contributed by atoms with van der Waals surface area (Å²) in [5.41, 5.74) is 1.58. The summed E-state index contributed by atoms with van der Waals surface area (Å²) in [5, 5.41) is 3.13. The molecule has 1 aromatic carbocycles. The summed E-state index contributed by atoms with van der Waals surface area (Å²) in [7, 11) is 0. The zero-order valence-electron chi connectivity index (χ0n) is 10.2. The lowest BCUT2D eigenvalue weighted by atomic mass is 10.1. The van der Waals surface area contributed by atoms with Crippen LogP contribution < -0.4 is 5.32 Å². The number of furan rings is 1. The molecule has 0 amide bonds. The first kappa shape index (κ1) is 14.4. The summed E-state index contributed by atoms with van der Waals surface area (Å²) >= 11 is 3.36. The van der Waals surface area contributed by atoms with Crippen molar-refractivity contribution in [1.29, 1.82) is 0 Å². The molecule has 1 aromatic heterocycles. The highest BCUT2D eigenvalue weighted by Crippen LogP contribution is 2.25. The molecule has 1 N–H and O–H groups in total. The van der Waals surface area contributed by atoms with Crippen molar-refractivity contribution in [1.82, 2.24) is 5.32 Å². The minimum atomic E-state index is -3.02. The van der Waals surface area contributed by atoms with Gasteiger partial charge in [-0.3, -0.25) is 5.32 Å². The number of hydrogen-bond acceptors (Lipinski definition) is 2. The Bertz CT molecular complexity index is 558. The minimum Gasteiger partial charge on any atom is -0.464 e. The number of hydrogen-bond donors (Lipinski definition) is 1. The Kier molecular flexibility index (Phi) is 4.52. The normalized spacial score (nSPS) is 15.1. The van der Waals surface area contributed by atoms with Crippen LogP contribution in [0, 0.1) is 0 Å². The van der Waals surface area contributed by atoms with Crippen LogP contribution in [-0.2, 0) is 6.42 Å². The van der Waals surface area contributed by atoms with E-state index in [1.165, 1.54) is 0 Å². The molecule has 1 heterocycles. The molecule has 0 saturated heterocycles. The second-order valence-corrected chi connectivity index (χ2v) is 5.33. The molecule has 0 spiro atoms. The van der Waals surface area contributed by atoms with Crippen molar-refractivity contribution in [2.75, 3.05) is 0 Å². The smallest absolute Gasteiger partial charge is 0.282 e. The van der Waals surface area contributed by atoms with E-state index in [4.69, 9.17) is 4.42 Å². The van der Waals surface area contributed by atoms with Gasteiger partial charge in [-0.25, -0.2) is 13.2 Å². The molecule has 0 radical (unpaired) electrons. The van der Waals surface area contributed by atoms with E-state index in [-0.39, 0.29) is 0 Å². The maximum absolute atomic E-state index is 12.9. The predicted molar refractivity (Wildman–Crippen MR) is 71.1 cm³/mol. The first-order valence-corrected chi connectivity index (χ1v) is 6.60. The molecule has 2 nitrogen and oxygen atoms in total. The largest absolute Gasteiger partial charge is 0.464 e. The monoisotopic (exact) mass is 335 g/mol. The Balaban J connectivity index is 2.10. The predicted octanol–water partition coefficient (Wildman–Crippen LogP) is 4.28. The van der Waals surface area contributed by atoms with Crippen LogP contribution in [0.4, 0.5) is 13.2 Å². The molecular weight excluding hydrogens is 323 g/mol. The Morgan fingerprint density at radius 1 is 1.32 bits per heavy atom. The van der Waals surface area contributed by atoms with Crippen LogP contribution in [0.5, 0.6) is 0 Å². The van der Waals surface area contributed by atoms with Crippen molar-refractivity contribution in [3.8, 4) is 0 Å². The van der Waals surface area contributed by atoms with Gasteiger partial charge in [0.05, 0.1) is 6.26 Å². The van der Waals surface area contributed by atoms with E-state index in [1.807, 2.05) is 18.2 Å². The average molecular weight is 336 g/mol. The zero-order valence-corrected chi connectivity index (χ0v) is 11.8. The number of benzene rings is 1. The van der Waals surface area contributed by atoms with Gasteiger partial charge in [0.15, 0.2) is 0 Å². The quantitative estimate of drug-likeness (QED) is 0.825. The topological polar surface area (TPSA) is 25.2 Å². The molecule has 0 aliphatic carbocycles. The van der Waals surface area contributed by atoms with Crippen LogP contribution in [-0.4, -0.2) is 18.8 Å². The summed E-state index contributed by atoms with van der Waals surface area (Å²) in [6.45, 7) is 1.66. The fraction of sp³-hybridized carbons (Fsp3) is 0.385. The van der Waals surface area contributed by atoms with Crippen LogP contribution in [0.25, 0.3) is 11.0 Å². The van der Waals surface area contributed by atoms with Gasteiger partial charge in [0.25, 0.3) is 6.43 Å². The van der Waals surface area contributed by atoms with E-state index in [0.717, 1.165) is 21.0 Å². The van der Waals surface area contributed by atoms with Gasteiger partial charge in [-0.2, -0.15) is 0 Å². The van der Waals surface area contributed by atoms with Gasteiger partial charge < -0.3 is 4.42 Å². The Hall–Kier alpha value is -1.01. The molecule has 2 atom stereocenters. The van der Waals surface area contributed by atoms with Gasteiger partial charge in [0.2, 0.25) is 6.30 Å². The van der Waals surface area contributed by atoms with Gasteiger partial charge in [0.1, 0.15) is 5.58 Å². The second-order valence-electron chi connectivity index (χ2n) is 4.41. The van der Waals surface area contributed by atoms with Crippen molar-refractivity contribution in [2.24, 2.45) is 0 Å². The first-order chi connectivity index (χ1) is 8.97. The van der Waals surface area contributed by atoms with E-state index >= 15 is 0 Å². The van der Waals surface area contributed by atoms with Crippen LogP contribution in [0.2, 0.25) is 0 Å². The van der Waals surface area contributed by atoms with Crippen molar-refractivity contribution < 1.29 is 17.6 Å². The van der Waals surface area contributed by atoms with Crippen molar-refractivity contribution in [2.45, 2.75) is 32.1 Å². The highest BCUT2D eigenvalue weighted by Gasteiger charge is 2.21. The Morgan fingerprint density at radius 3 is 2.74 bits per heavy atom. The van der Waals surface area contributed by atoms with Crippen LogP contribution >= 0.6 is 15.9 Å². The summed E-state index contributed by atoms with van der Waals surface area (Å²) in [6, 6.07) is 5.15. The van der Waals surface area contributed by atoms with Crippen LogP contribution in [0.1, 0.15) is 12.5 Å². The highest BCUT2D eigenvalue weighted by atomic mass is 79.9. The third-order valence-corrected chi connectivity index (χ3v) is 3.30. The van der Waals surface area contributed by atoms with Gasteiger partial charge in [-0.1, -0.05) is 15.9 Å². The number of nitrogens with one attached hydrogen (secondary N) is 1. The summed E-state index contributed by atoms with van der Waals surface area (Å²) in [4.78, 5) is 0. The lowest BCUT2D eigenvalue weighted by Crippen LogP contribution is -2.39. The highest BCUT2D eigenvalue weighted by molar-refractivity contribution is 9.10. The molecule has 0 aliphatic rings. The molecule has 0 saturated carbocycles. The Morgan fingerprint density at radius 2 is 2.05 bits per heavy atom. The van der Waals surface area contributed by atoms with E-state index in [1.54, 1.807) is 13.2 Å². The van der Waals surface area contributed by atoms with Gasteiger partial charge in [-0.05, 0) is 37.1 Å². The van der Waals surface area contributed by atoms with Gasteiger partial charge in [0, 0.05) is 15.9 Å². The van der Waals surface area contributed by atoms with Crippen LogP contribution in [0.3, 0.4) is 0 Å². The molecule has 6 heteroatoms. The molecule has 0 fully saturated rings. The average Bonchev–Trinajstić information content (AvgIpc) is 2.71. The van der Waals surface area contributed by atoms with E-state index in [2.05, 4.69) is 21.2 Å². The molecular formula is C13H13BrF3NO. The van der Waals surface area contributed by atoms with Crippen molar-refractivity contribution in [3.63, 3.8) is 0 Å².